The van der Waals surface area contributed by atoms with E-state index in [1.165, 1.54) is 18.3 Å². The Morgan fingerprint density at radius 3 is 2.38 bits per heavy atom. The molecule has 5 nitrogen and oxygen atoms in total. The highest BCUT2D eigenvalue weighted by Crippen LogP contribution is 2.29. The van der Waals surface area contributed by atoms with E-state index in [1.807, 2.05) is 0 Å². The third-order valence-electron chi connectivity index (χ3n) is 2.85. The normalized spacial score (nSPS) is 11.5. The van der Waals surface area contributed by atoms with Gasteiger partial charge in [-0.15, -0.1) is 0 Å². The smallest absolute Gasteiger partial charge is 0.263 e. The molecule has 0 fully saturated rings. The number of aromatic nitrogens is 2. The summed E-state index contributed by atoms with van der Waals surface area (Å²) >= 11 is 11.9. The van der Waals surface area contributed by atoms with Crippen molar-refractivity contribution in [2.75, 3.05) is 4.72 Å². The maximum absolute atomic E-state index is 12.4. The van der Waals surface area contributed by atoms with E-state index in [0.29, 0.717) is 27.8 Å². The number of benzene rings is 1. The van der Waals surface area contributed by atoms with Crippen molar-refractivity contribution < 1.29 is 8.42 Å². The molecule has 0 aliphatic rings. The fraction of sp³-hybridized carbons (Fsp3) is 0.231. The molecule has 2 rings (SSSR count). The average molecular weight is 346 g/mol. The first-order valence-corrected chi connectivity index (χ1v) is 8.23. The molecule has 1 aromatic carbocycles. The van der Waals surface area contributed by atoms with Gasteiger partial charge in [0.25, 0.3) is 10.0 Å². The lowest BCUT2D eigenvalue weighted by atomic mass is 10.2. The summed E-state index contributed by atoms with van der Waals surface area (Å²) in [4.78, 5) is 8.06. The number of halogens is 2. The standard InChI is InChI=1S/C13H13Cl2N3O2S/c1-7-4-13(11(15)5-10(7)14)21(19,20)18-12-6-16-9(3)17-8(12)2/h4-6,18H,1-3H3. The second-order valence-electron chi connectivity index (χ2n) is 4.55. The number of hydrogen-bond donors (Lipinski definition) is 1. The minimum absolute atomic E-state index is 0.0361. The van der Waals surface area contributed by atoms with Crippen molar-refractivity contribution in [2.45, 2.75) is 25.7 Å². The van der Waals surface area contributed by atoms with Crippen LogP contribution in [0.15, 0.2) is 23.2 Å². The molecule has 112 valence electrons. The van der Waals surface area contributed by atoms with Crippen molar-refractivity contribution >= 4 is 38.9 Å². The molecule has 1 aromatic heterocycles. The molecule has 1 heterocycles. The van der Waals surface area contributed by atoms with Gasteiger partial charge in [-0.2, -0.15) is 0 Å². The van der Waals surface area contributed by atoms with Gasteiger partial charge in [0.15, 0.2) is 0 Å². The molecular weight excluding hydrogens is 333 g/mol. The number of hydrogen-bond acceptors (Lipinski definition) is 4. The third kappa shape index (κ3) is 3.45. The molecule has 0 amide bonds. The zero-order valence-electron chi connectivity index (χ0n) is 11.6. The molecule has 0 spiro atoms. The highest BCUT2D eigenvalue weighted by molar-refractivity contribution is 7.92. The van der Waals surface area contributed by atoms with Gasteiger partial charge in [-0.05, 0) is 38.5 Å². The molecule has 0 radical (unpaired) electrons. The van der Waals surface area contributed by atoms with E-state index in [1.54, 1.807) is 20.8 Å². The molecule has 0 saturated heterocycles. The molecule has 0 saturated carbocycles. The Morgan fingerprint density at radius 2 is 1.76 bits per heavy atom. The quantitative estimate of drug-likeness (QED) is 0.923. The number of aryl methyl sites for hydroxylation is 3. The van der Waals surface area contributed by atoms with Gasteiger partial charge in [0.2, 0.25) is 0 Å². The molecule has 2 aromatic rings. The van der Waals surface area contributed by atoms with E-state index in [9.17, 15) is 8.42 Å². The number of rotatable bonds is 3. The minimum atomic E-state index is -3.84. The van der Waals surface area contributed by atoms with Crippen LogP contribution in [0, 0.1) is 20.8 Å². The summed E-state index contributed by atoms with van der Waals surface area (Å²) in [5, 5.41) is 0.470. The molecule has 0 bridgehead atoms. The fourth-order valence-electron chi connectivity index (χ4n) is 1.72. The van der Waals surface area contributed by atoms with E-state index in [0.717, 1.165) is 0 Å². The zero-order chi connectivity index (χ0) is 15.8. The first kappa shape index (κ1) is 16.0. The summed E-state index contributed by atoms with van der Waals surface area (Å²) in [6.45, 7) is 5.13. The number of anilines is 1. The van der Waals surface area contributed by atoms with Crippen molar-refractivity contribution in [2.24, 2.45) is 0 Å². The monoisotopic (exact) mass is 345 g/mol. The molecule has 0 unspecified atom stereocenters. The summed E-state index contributed by atoms with van der Waals surface area (Å²) in [7, 11) is -3.84. The largest absolute Gasteiger partial charge is 0.276 e. The Labute approximate surface area is 133 Å². The van der Waals surface area contributed by atoms with Crippen molar-refractivity contribution in [1.82, 2.24) is 9.97 Å². The van der Waals surface area contributed by atoms with Crippen LogP contribution in [0.2, 0.25) is 10.0 Å². The van der Waals surface area contributed by atoms with E-state index < -0.39 is 10.0 Å². The van der Waals surface area contributed by atoms with Crippen LogP contribution in [-0.2, 0) is 10.0 Å². The lowest BCUT2D eigenvalue weighted by Crippen LogP contribution is -2.15. The third-order valence-corrected chi connectivity index (χ3v) is 5.08. The number of sulfonamides is 1. The van der Waals surface area contributed by atoms with E-state index in [2.05, 4.69) is 14.7 Å². The highest BCUT2D eigenvalue weighted by atomic mass is 35.5. The van der Waals surface area contributed by atoms with Crippen LogP contribution in [0.3, 0.4) is 0 Å². The van der Waals surface area contributed by atoms with E-state index >= 15 is 0 Å². The van der Waals surface area contributed by atoms with Gasteiger partial charge < -0.3 is 0 Å². The number of nitrogens with one attached hydrogen (secondary N) is 1. The predicted molar refractivity (Wildman–Crippen MR) is 83.5 cm³/mol. The Balaban J connectivity index is 2.46. The van der Waals surface area contributed by atoms with E-state index in [4.69, 9.17) is 23.2 Å². The predicted octanol–water partition coefficient (Wildman–Crippen LogP) is 3.51. The lowest BCUT2D eigenvalue weighted by molar-refractivity contribution is 0.601. The van der Waals surface area contributed by atoms with Gasteiger partial charge in [-0.3, -0.25) is 4.72 Å². The van der Waals surface area contributed by atoms with Crippen LogP contribution in [0.5, 0.6) is 0 Å². The zero-order valence-corrected chi connectivity index (χ0v) is 13.9. The van der Waals surface area contributed by atoms with Gasteiger partial charge in [-0.1, -0.05) is 23.2 Å². The topological polar surface area (TPSA) is 72.0 Å². The van der Waals surface area contributed by atoms with Gasteiger partial charge in [0, 0.05) is 5.02 Å². The first-order valence-electron chi connectivity index (χ1n) is 5.99. The van der Waals surface area contributed by atoms with Gasteiger partial charge in [0.1, 0.15) is 10.7 Å². The van der Waals surface area contributed by atoms with Crippen LogP contribution in [0.25, 0.3) is 0 Å². The Hall–Kier alpha value is -1.37. The summed E-state index contributed by atoms with van der Waals surface area (Å²) in [6, 6.07) is 2.84. The fourth-order valence-corrected chi connectivity index (χ4v) is 3.66. The maximum Gasteiger partial charge on any atom is 0.263 e. The Kier molecular flexibility index (Phi) is 4.41. The summed E-state index contributed by atoms with van der Waals surface area (Å²) < 4.78 is 27.3. The van der Waals surface area contributed by atoms with Crippen molar-refractivity contribution in [3.8, 4) is 0 Å². The van der Waals surface area contributed by atoms with Crippen LogP contribution < -0.4 is 4.72 Å². The Morgan fingerprint density at radius 1 is 1.10 bits per heavy atom. The van der Waals surface area contributed by atoms with Gasteiger partial charge in [0.05, 0.1) is 22.6 Å². The van der Waals surface area contributed by atoms with Crippen LogP contribution >= 0.6 is 23.2 Å². The van der Waals surface area contributed by atoms with Crippen LogP contribution in [-0.4, -0.2) is 18.4 Å². The molecular formula is C13H13Cl2N3O2S. The van der Waals surface area contributed by atoms with Gasteiger partial charge >= 0.3 is 0 Å². The minimum Gasteiger partial charge on any atom is -0.276 e. The summed E-state index contributed by atoms with van der Waals surface area (Å²) in [6.07, 6.45) is 1.42. The molecule has 8 heteroatoms. The summed E-state index contributed by atoms with van der Waals surface area (Å²) in [5.41, 5.74) is 1.47. The number of nitrogens with zero attached hydrogens (tertiary/aromatic N) is 2. The first-order chi connectivity index (χ1) is 9.70. The summed E-state index contributed by atoms with van der Waals surface area (Å²) in [5.74, 6) is 0.566. The second kappa shape index (κ2) is 5.79. The highest BCUT2D eigenvalue weighted by Gasteiger charge is 2.20. The SMILES string of the molecule is Cc1ncc(NS(=O)(=O)c2cc(C)c(Cl)cc2Cl)c(C)n1. The van der Waals surface area contributed by atoms with Gasteiger partial charge in [-0.25, -0.2) is 18.4 Å². The molecule has 0 aliphatic heterocycles. The van der Waals surface area contributed by atoms with Crippen LogP contribution in [0.4, 0.5) is 5.69 Å². The van der Waals surface area contributed by atoms with E-state index in [-0.39, 0.29) is 9.92 Å². The Bertz CT molecular complexity index is 807. The van der Waals surface area contributed by atoms with Crippen molar-refractivity contribution in [3.05, 3.63) is 45.5 Å². The molecule has 0 atom stereocenters. The molecule has 1 N–H and O–H groups in total. The maximum atomic E-state index is 12.4. The molecule has 0 aliphatic carbocycles. The molecule has 21 heavy (non-hydrogen) atoms. The van der Waals surface area contributed by atoms with Crippen LogP contribution in [0.1, 0.15) is 17.1 Å². The lowest BCUT2D eigenvalue weighted by Gasteiger charge is -2.12. The second-order valence-corrected chi connectivity index (χ2v) is 7.02. The average Bonchev–Trinajstić information content (AvgIpc) is 2.37. The van der Waals surface area contributed by atoms with Crippen molar-refractivity contribution in [3.63, 3.8) is 0 Å². The van der Waals surface area contributed by atoms with Crippen molar-refractivity contribution in [1.29, 1.82) is 0 Å².